The molecular formula is C20H41N. The van der Waals surface area contributed by atoms with Crippen LogP contribution >= 0.6 is 0 Å². The van der Waals surface area contributed by atoms with Crippen LogP contribution in [-0.4, -0.2) is 23.0 Å². The maximum Gasteiger partial charge on any atom is 0.0101 e. The van der Waals surface area contributed by atoms with Crippen LogP contribution in [0.2, 0.25) is 0 Å². The van der Waals surface area contributed by atoms with Crippen molar-refractivity contribution in [3.05, 3.63) is 0 Å². The minimum Gasteiger partial charge on any atom is -0.295 e. The van der Waals surface area contributed by atoms with Crippen molar-refractivity contribution >= 4 is 0 Å². The van der Waals surface area contributed by atoms with E-state index in [1.165, 1.54) is 83.5 Å². The lowest BCUT2D eigenvalue weighted by molar-refractivity contribution is 0.0728. The second-order valence-electron chi connectivity index (χ2n) is 7.59. The van der Waals surface area contributed by atoms with Gasteiger partial charge in [-0.25, -0.2) is 0 Å². The molecule has 1 aliphatic carbocycles. The number of hydrogen-bond acceptors (Lipinski definition) is 1. The number of rotatable bonds is 11. The smallest absolute Gasteiger partial charge is 0.0101 e. The molecule has 0 amide bonds. The summed E-state index contributed by atoms with van der Waals surface area (Å²) >= 11 is 0. The molecule has 21 heavy (non-hydrogen) atoms. The summed E-state index contributed by atoms with van der Waals surface area (Å²) in [5.41, 5.74) is 0. The van der Waals surface area contributed by atoms with Crippen LogP contribution in [0.4, 0.5) is 0 Å². The monoisotopic (exact) mass is 295 g/mol. The summed E-state index contributed by atoms with van der Waals surface area (Å²) in [6.45, 7) is 9.57. The van der Waals surface area contributed by atoms with Crippen molar-refractivity contribution in [2.45, 2.75) is 129 Å². The molecule has 0 spiro atoms. The Balaban J connectivity index is 2.21. The molecule has 1 atom stereocenters. The molecule has 0 aromatic heterocycles. The van der Waals surface area contributed by atoms with E-state index >= 15 is 0 Å². The standard InChI is InChI=1S/C20H41N/c1-5-6-7-8-9-10-12-15-19(4)21(18(2)3)20-16-13-11-14-17-20/h18-20H,5-17H2,1-4H3. The molecule has 0 bridgehead atoms. The Kier molecular flexibility index (Phi) is 10.4. The fourth-order valence-electron chi connectivity index (χ4n) is 4.22. The molecule has 0 saturated heterocycles. The van der Waals surface area contributed by atoms with Crippen LogP contribution < -0.4 is 0 Å². The van der Waals surface area contributed by atoms with E-state index < -0.39 is 0 Å². The van der Waals surface area contributed by atoms with Gasteiger partial charge in [-0.3, -0.25) is 4.90 Å². The molecular weight excluding hydrogens is 254 g/mol. The molecule has 0 heterocycles. The average Bonchev–Trinajstić information content (AvgIpc) is 2.47. The highest BCUT2D eigenvalue weighted by Crippen LogP contribution is 2.27. The first-order valence-corrected chi connectivity index (χ1v) is 9.94. The second-order valence-corrected chi connectivity index (χ2v) is 7.59. The van der Waals surface area contributed by atoms with Crippen molar-refractivity contribution < 1.29 is 0 Å². The Labute approximate surface area is 134 Å². The van der Waals surface area contributed by atoms with Crippen LogP contribution in [0.5, 0.6) is 0 Å². The van der Waals surface area contributed by atoms with Crippen molar-refractivity contribution in [3.63, 3.8) is 0 Å². The maximum atomic E-state index is 2.84. The van der Waals surface area contributed by atoms with Crippen molar-refractivity contribution in [3.8, 4) is 0 Å². The van der Waals surface area contributed by atoms with Gasteiger partial charge >= 0.3 is 0 Å². The number of nitrogens with zero attached hydrogens (tertiary/aromatic N) is 1. The van der Waals surface area contributed by atoms with Gasteiger partial charge in [-0.05, 0) is 40.0 Å². The summed E-state index contributed by atoms with van der Waals surface area (Å²) in [6.07, 6.45) is 18.7. The van der Waals surface area contributed by atoms with Gasteiger partial charge in [0.1, 0.15) is 0 Å². The van der Waals surface area contributed by atoms with Gasteiger partial charge in [0, 0.05) is 18.1 Å². The predicted octanol–water partition coefficient (Wildman–Crippen LogP) is 6.56. The first-order valence-electron chi connectivity index (χ1n) is 9.94. The van der Waals surface area contributed by atoms with E-state index in [1.54, 1.807) is 0 Å². The Bertz CT molecular complexity index is 230. The molecule has 0 aromatic rings. The third-order valence-corrected chi connectivity index (χ3v) is 5.33. The van der Waals surface area contributed by atoms with E-state index in [0.717, 1.165) is 12.1 Å². The number of hydrogen-bond donors (Lipinski definition) is 0. The molecule has 1 fully saturated rings. The molecule has 0 N–H and O–H groups in total. The fraction of sp³-hybridized carbons (Fsp3) is 1.00. The molecule has 0 aliphatic heterocycles. The third kappa shape index (κ3) is 7.68. The zero-order chi connectivity index (χ0) is 15.5. The van der Waals surface area contributed by atoms with Gasteiger partial charge in [-0.1, -0.05) is 71.1 Å². The Morgan fingerprint density at radius 2 is 1.38 bits per heavy atom. The largest absolute Gasteiger partial charge is 0.295 e. The molecule has 0 radical (unpaired) electrons. The van der Waals surface area contributed by atoms with E-state index in [9.17, 15) is 0 Å². The quantitative estimate of drug-likeness (QED) is 0.390. The fourth-order valence-corrected chi connectivity index (χ4v) is 4.22. The molecule has 0 aromatic carbocycles. The summed E-state index contributed by atoms with van der Waals surface area (Å²) in [7, 11) is 0. The highest BCUT2D eigenvalue weighted by molar-refractivity contribution is 4.82. The summed E-state index contributed by atoms with van der Waals surface area (Å²) < 4.78 is 0. The summed E-state index contributed by atoms with van der Waals surface area (Å²) in [5, 5.41) is 0. The average molecular weight is 296 g/mol. The van der Waals surface area contributed by atoms with Crippen LogP contribution in [0.1, 0.15) is 111 Å². The van der Waals surface area contributed by atoms with Gasteiger partial charge < -0.3 is 0 Å². The van der Waals surface area contributed by atoms with Crippen molar-refractivity contribution in [2.75, 3.05) is 0 Å². The van der Waals surface area contributed by atoms with Crippen LogP contribution in [0.25, 0.3) is 0 Å². The van der Waals surface area contributed by atoms with Crippen molar-refractivity contribution in [1.82, 2.24) is 4.90 Å². The first-order chi connectivity index (χ1) is 10.2. The minimum absolute atomic E-state index is 0.715. The maximum absolute atomic E-state index is 2.84. The molecule has 126 valence electrons. The Hall–Kier alpha value is -0.0400. The third-order valence-electron chi connectivity index (χ3n) is 5.33. The van der Waals surface area contributed by atoms with Crippen LogP contribution in [-0.2, 0) is 0 Å². The van der Waals surface area contributed by atoms with Gasteiger partial charge in [0.15, 0.2) is 0 Å². The van der Waals surface area contributed by atoms with Crippen LogP contribution in [0, 0.1) is 0 Å². The summed E-state index contributed by atoms with van der Waals surface area (Å²) in [4.78, 5) is 2.84. The van der Waals surface area contributed by atoms with Gasteiger partial charge in [0.05, 0.1) is 0 Å². The van der Waals surface area contributed by atoms with E-state index in [2.05, 4.69) is 32.6 Å². The summed E-state index contributed by atoms with van der Waals surface area (Å²) in [5.74, 6) is 0. The molecule has 1 heteroatoms. The molecule has 1 aliphatic rings. The van der Waals surface area contributed by atoms with E-state index in [1.807, 2.05) is 0 Å². The van der Waals surface area contributed by atoms with Gasteiger partial charge in [-0.2, -0.15) is 0 Å². The highest BCUT2D eigenvalue weighted by atomic mass is 15.2. The second kappa shape index (κ2) is 11.5. The zero-order valence-electron chi connectivity index (χ0n) is 15.4. The molecule has 1 saturated carbocycles. The number of unbranched alkanes of at least 4 members (excludes halogenated alkanes) is 6. The Morgan fingerprint density at radius 3 is 1.95 bits per heavy atom. The normalized spacial score (nSPS) is 18.6. The van der Waals surface area contributed by atoms with Gasteiger partial charge in [-0.15, -0.1) is 0 Å². The highest BCUT2D eigenvalue weighted by Gasteiger charge is 2.26. The van der Waals surface area contributed by atoms with E-state index in [4.69, 9.17) is 0 Å². The topological polar surface area (TPSA) is 3.24 Å². The SMILES string of the molecule is CCCCCCCCCC(C)N(C(C)C)C1CCCCC1. The minimum atomic E-state index is 0.715. The molecule has 1 rings (SSSR count). The van der Waals surface area contributed by atoms with Crippen LogP contribution in [0.15, 0.2) is 0 Å². The lowest BCUT2D eigenvalue weighted by atomic mass is 9.91. The zero-order valence-corrected chi connectivity index (χ0v) is 15.4. The van der Waals surface area contributed by atoms with Crippen LogP contribution in [0.3, 0.4) is 0 Å². The van der Waals surface area contributed by atoms with Crippen molar-refractivity contribution in [2.24, 2.45) is 0 Å². The lowest BCUT2D eigenvalue weighted by Crippen LogP contribution is -2.47. The van der Waals surface area contributed by atoms with Crippen molar-refractivity contribution in [1.29, 1.82) is 0 Å². The Morgan fingerprint density at radius 1 is 0.810 bits per heavy atom. The predicted molar refractivity (Wildman–Crippen MR) is 95.9 cm³/mol. The van der Waals surface area contributed by atoms with E-state index in [0.29, 0.717) is 6.04 Å². The summed E-state index contributed by atoms with van der Waals surface area (Å²) in [6, 6.07) is 2.37. The van der Waals surface area contributed by atoms with E-state index in [-0.39, 0.29) is 0 Å². The molecule has 1 nitrogen and oxygen atoms in total. The van der Waals surface area contributed by atoms with Gasteiger partial charge in [0.25, 0.3) is 0 Å². The molecule has 1 unspecified atom stereocenters. The lowest BCUT2D eigenvalue weighted by Gasteiger charge is -2.41. The first kappa shape index (κ1) is 19.0. The van der Waals surface area contributed by atoms with Gasteiger partial charge in [0.2, 0.25) is 0 Å².